The van der Waals surface area contributed by atoms with E-state index < -0.39 is 0 Å². The summed E-state index contributed by atoms with van der Waals surface area (Å²) in [6.45, 7) is 5.15. The molecule has 142 valence electrons. The van der Waals surface area contributed by atoms with Crippen LogP contribution >= 0.6 is 11.6 Å². The van der Waals surface area contributed by atoms with E-state index in [2.05, 4.69) is 44.2 Å². The predicted octanol–water partition coefficient (Wildman–Crippen LogP) is 8.09. The maximum absolute atomic E-state index is 6.39. The van der Waals surface area contributed by atoms with Crippen LogP contribution in [0.2, 0.25) is 5.02 Å². The quantitative estimate of drug-likeness (QED) is 0.342. The molecule has 0 saturated carbocycles. The first-order chi connectivity index (χ1) is 12.7. The molecule has 0 amide bonds. The van der Waals surface area contributed by atoms with Gasteiger partial charge in [0, 0.05) is 0 Å². The molecular weight excluding hydrogens is 340 g/mol. The minimum absolute atomic E-state index is 0.690. The minimum Gasteiger partial charge on any atom is -0.492 e. The summed E-state index contributed by atoms with van der Waals surface area (Å²) in [6, 6.07) is 15.0. The third-order valence-electron chi connectivity index (χ3n) is 4.79. The van der Waals surface area contributed by atoms with Crippen LogP contribution in [0.1, 0.15) is 70.8 Å². The van der Waals surface area contributed by atoms with Crippen molar-refractivity contribution in [3.63, 3.8) is 0 Å². The van der Waals surface area contributed by atoms with Crippen LogP contribution in [-0.4, -0.2) is 6.61 Å². The van der Waals surface area contributed by atoms with E-state index in [9.17, 15) is 0 Å². The maximum atomic E-state index is 6.39. The summed E-state index contributed by atoms with van der Waals surface area (Å²) in [4.78, 5) is 0. The molecule has 1 nitrogen and oxygen atoms in total. The Balaban J connectivity index is 1.86. The number of hydrogen-bond acceptors (Lipinski definition) is 1. The molecule has 2 aromatic rings. The van der Waals surface area contributed by atoms with Crippen molar-refractivity contribution in [3.8, 4) is 16.9 Å². The number of ether oxygens (including phenoxy) is 1. The Hall–Kier alpha value is -1.47. The molecule has 2 rings (SSSR count). The Kier molecular flexibility index (Phi) is 9.63. The van der Waals surface area contributed by atoms with Gasteiger partial charge < -0.3 is 4.74 Å². The molecule has 0 aliphatic heterocycles. The summed E-state index contributed by atoms with van der Waals surface area (Å²) in [5, 5.41) is 0.690. The van der Waals surface area contributed by atoms with E-state index in [-0.39, 0.29) is 0 Å². The molecule has 0 aliphatic carbocycles. The average Bonchev–Trinajstić information content (AvgIpc) is 2.66. The summed E-state index contributed by atoms with van der Waals surface area (Å²) in [5.74, 6) is 0.781. The topological polar surface area (TPSA) is 9.23 Å². The van der Waals surface area contributed by atoms with E-state index in [0.29, 0.717) is 5.02 Å². The van der Waals surface area contributed by atoms with Gasteiger partial charge in [0.2, 0.25) is 0 Å². The van der Waals surface area contributed by atoms with Crippen LogP contribution in [0, 0.1) is 0 Å². The predicted molar refractivity (Wildman–Crippen MR) is 114 cm³/mol. The average molecular weight is 373 g/mol. The van der Waals surface area contributed by atoms with E-state index in [1.54, 1.807) is 0 Å². The Bertz CT molecular complexity index is 633. The lowest BCUT2D eigenvalue weighted by atomic mass is 10.0. The second-order valence-electron chi connectivity index (χ2n) is 7.06. The minimum atomic E-state index is 0.690. The molecule has 0 spiro atoms. The lowest BCUT2D eigenvalue weighted by molar-refractivity contribution is 0.309. The molecule has 0 aromatic heterocycles. The largest absolute Gasteiger partial charge is 0.492 e. The van der Waals surface area contributed by atoms with E-state index in [1.165, 1.54) is 56.1 Å². The van der Waals surface area contributed by atoms with Crippen molar-refractivity contribution < 1.29 is 4.74 Å². The van der Waals surface area contributed by atoms with Crippen LogP contribution in [0.3, 0.4) is 0 Å². The molecule has 0 fully saturated rings. The van der Waals surface area contributed by atoms with E-state index in [0.717, 1.165) is 30.8 Å². The molecular formula is C24H33ClO. The molecule has 2 heteroatoms. The van der Waals surface area contributed by atoms with Crippen molar-refractivity contribution in [2.45, 2.75) is 71.6 Å². The zero-order valence-corrected chi connectivity index (χ0v) is 17.2. The van der Waals surface area contributed by atoms with Crippen molar-refractivity contribution in [1.29, 1.82) is 0 Å². The van der Waals surface area contributed by atoms with Crippen LogP contribution in [0.15, 0.2) is 42.5 Å². The third kappa shape index (κ3) is 7.03. The molecule has 0 heterocycles. The van der Waals surface area contributed by atoms with Crippen LogP contribution < -0.4 is 4.74 Å². The normalized spacial score (nSPS) is 10.9. The number of aryl methyl sites for hydroxylation is 1. The van der Waals surface area contributed by atoms with Gasteiger partial charge in [-0.15, -0.1) is 0 Å². The van der Waals surface area contributed by atoms with Crippen LogP contribution in [0.25, 0.3) is 11.1 Å². The zero-order valence-electron chi connectivity index (χ0n) is 16.4. The molecule has 0 N–H and O–H groups in total. The highest BCUT2D eigenvalue weighted by molar-refractivity contribution is 6.32. The van der Waals surface area contributed by atoms with Crippen molar-refractivity contribution in [2.75, 3.05) is 6.61 Å². The summed E-state index contributed by atoms with van der Waals surface area (Å²) in [7, 11) is 0. The van der Waals surface area contributed by atoms with Gasteiger partial charge in [0.25, 0.3) is 0 Å². The van der Waals surface area contributed by atoms with Crippen molar-refractivity contribution in [2.24, 2.45) is 0 Å². The fourth-order valence-electron chi connectivity index (χ4n) is 3.10. The molecule has 0 atom stereocenters. The fourth-order valence-corrected chi connectivity index (χ4v) is 3.33. The zero-order chi connectivity index (χ0) is 18.6. The summed E-state index contributed by atoms with van der Waals surface area (Å²) < 4.78 is 5.73. The summed E-state index contributed by atoms with van der Waals surface area (Å²) >= 11 is 6.39. The molecule has 26 heavy (non-hydrogen) atoms. The van der Waals surface area contributed by atoms with Gasteiger partial charge >= 0.3 is 0 Å². The molecule has 0 unspecified atom stereocenters. The highest BCUT2D eigenvalue weighted by atomic mass is 35.5. The lowest BCUT2D eigenvalue weighted by Gasteiger charge is -2.10. The summed E-state index contributed by atoms with van der Waals surface area (Å²) in [5.41, 5.74) is 3.78. The van der Waals surface area contributed by atoms with Gasteiger partial charge in [-0.1, -0.05) is 94.3 Å². The highest BCUT2D eigenvalue weighted by Gasteiger charge is 2.05. The lowest BCUT2D eigenvalue weighted by Crippen LogP contribution is -1.97. The Morgan fingerprint density at radius 1 is 0.731 bits per heavy atom. The van der Waals surface area contributed by atoms with Gasteiger partial charge in [-0.2, -0.15) is 0 Å². The Morgan fingerprint density at radius 3 is 2.08 bits per heavy atom. The number of hydrogen-bond donors (Lipinski definition) is 0. The molecule has 0 bridgehead atoms. The summed E-state index contributed by atoms with van der Waals surface area (Å²) in [6.07, 6.45) is 11.4. The van der Waals surface area contributed by atoms with Crippen LogP contribution in [0.4, 0.5) is 0 Å². The Labute approximate surface area is 164 Å². The van der Waals surface area contributed by atoms with Gasteiger partial charge in [-0.05, 0) is 48.1 Å². The SMILES string of the molecule is CCCCCCCCc1ccc(-c2ccc(OCCCC)c(Cl)c2)cc1. The Morgan fingerprint density at radius 2 is 1.38 bits per heavy atom. The van der Waals surface area contributed by atoms with E-state index in [4.69, 9.17) is 16.3 Å². The van der Waals surface area contributed by atoms with Crippen molar-refractivity contribution >= 4 is 11.6 Å². The first-order valence-corrected chi connectivity index (χ1v) is 10.6. The molecule has 0 saturated heterocycles. The van der Waals surface area contributed by atoms with Gasteiger partial charge in [-0.3, -0.25) is 0 Å². The number of unbranched alkanes of at least 4 members (excludes halogenated alkanes) is 6. The number of halogens is 1. The van der Waals surface area contributed by atoms with Crippen LogP contribution in [0.5, 0.6) is 5.75 Å². The molecule has 2 aromatic carbocycles. The van der Waals surface area contributed by atoms with Gasteiger partial charge in [0.15, 0.2) is 0 Å². The smallest absolute Gasteiger partial charge is 0.137 e. The van der Waals surface area contributed by atoms with E-state index >= 15 is 0 Å². The standard InChI is InChI=1S/C24H33ClO/c1-3-5-7-8-9-10-11-20-12-14-21(15-13-20)22-16-17-24(23(25)19-22)26-18-6-4-2/h12-17,19H,3-11,18H2,1-2H3. The second kappa shape index (κ2) is 12.0. The van der Waals surface area contributed by atoms with Gasteiger partial charge in [-0.25, -0.2) is 0 Å². The number of benzene rings is 2. The van der Waals surface area contributed by atoms with E-state index in [1.807, 2.05) is 12.1 Å². The fraction of sp³-hybridized carbons (Fsp3) is 0.500. The first-order valence-electron chi connectivity index (χ1n) is 10.3. The number of rotatable bonds is 12. The molecule has 0 radical (unpaired) electrons. The van der Waals surface area contributed by atoms with Gasteiger partial charge in [0.05, 0.1) is 11.6 Å². The van der Waals surface area contributed by atoms with Crippen molar-refractivity contribution in [1.82, 2.24) is 0 Å². The third-order valence-corrected chi connectivity index (χ3v) is 5.09. The molecule has 0 aliphatic rings. The van der Waals surface area contributed by atoms with Crippen LogP contribution in [-0.2, 0) is 6.42 Å². The monoisotopic (exact) mass is 372 g/mol. The van der Waals surface area contributed by atoms with Crippen molar-refractivity contribution in [3.05, 3.63) is 53.1 Å². The highest BCUT2D eigenvalue weighted by Crippen LogP contribution is 2.30. The first kappa shape index (κ1) is 20.8. The van der Waals surface area contributed by atoms with Gasteiger partial charge in [0.1, 0.15) is 5.75 Å². The maximum Gasteiger partial charge on any atom is 0.137 e. The second-order valence-corrected chi connectivity index (χ2v) is 7.47.